The quantitative estimate of drug-likeness (QED) is 0.740. The normalized spacial score (nSPS) is 11.2. The molecule has 1 aromatic carbocycles. The molecule has 0 saturated carbocycles. The highest BCUT2D eigenvalue weighted by Gasteiger charge is 2.22. The minimum absolute atomic E-state index is 0.0315. The zero-order chi connectivity index (χ0) is 17.3. The molecule has 3 rings (SSSR count). The Balaban J connectivity index is 1.98. The highest BCUT2D eigenvalue weighted by molar-refractivity contribution is 7.92. The maximum absolute atomic E-state index is 14.0. The number of halogens is 1. The molecule has 122 valence electrons. The van der Waals surface area contributed by atoms with Gasteiger partial charge in [-0.3, -0.25) is 4.72 Å². The second kappa shape index (κ2) is 6.11. The Labute approximate surface area is 142 Å². The summed E-state index contributed by atoms with van der Waals surface area (Å²) in [5.41, 5.74) is 1.20. The van der Waals surface area contributed by atoms with Gasteiger partial charge in [-0.05, 0) is 42.1 Å². The molecule has 2 N–H and O–H groups in total. The average Bonchev–Trinajstić information content (AvgIpc) is 3.18. The number of aromatic amines is 1. The molecule has 24 heavy (non-hydrogen) atoms. The fourth-order valence-corrected chi connectivity index (χ4v) is 4.21. The van der Waals surface area contributed by atoms with Crippen molar-refractivity contribution in [2.45, 2.75) is 11.8 Å². The highest BCUT2D eigenvalue weighted by atomic mass is 32.2. The van der Waals surface area contributed by atoms with Gasteiger partial charge in [0.2, 0.25) is 0 Å². The molecular formula is C16H12FN3O2S2. The number of H-pyrrole nitrogens is 1. The minimum atomic E-state index is -3.98. The van der Waals surface area contributed by atoms with Crippen LogP contribution in [0.3, 0.4) is 0 Å². The third-order valence-electron chi connectivity index (χ3n) is 3.38. The smallest absolute Gasteiger partial charge is 0.264 e. The van der Waals surface area contributed by atoms with E-state index in [2.05, 4.69) is 9.71 Å². The monoisotopic (exact) mass is 361 g/mol. The first-order valence-corrected chi connectivity index (χ1v) is 9.22. The van der Waals surface area contributed by atoms with E-state index in [-0.39, 0.29) is 16.1 Å². The maximum Gasteiger partial charge on any atom is 0.264 e. The fraction of sp³-hybridized carbons (Fsp3) is 0.0625. The van der Waals surface area contributed by atoms with E-state index in [9.17, 15) is 12.8 Å². The van der Waals surface area contributed by atoms with Crippen LogP contribution in [0.4, 0.5) is 10.1 Å². The zero-order valence-electron chi connectivity index (χ0n) is 12.5. The number of sulfonamides is 1. The van der Waals surface area contributed by atoms with Gasteiger partial charge in [-0.15, -0.1) is 11.3 Å². The SMILES string of the molecule is Cc1cc(-c2c[nH]cc2S(=O)(=O)Nc2ccc(C#N)cc2F)cs1. The molecule has 0 radical (unpaired) electrons. The number of benzene rings is 1. The molecule has 2 heterocycles. The van der Waals surface area contributed by atoms with E-state index in [1.54, 1.807) is 12.3 Å². The maximum atomic E-state index is 14.0. The molecule has 0 spiro atoms. The largest absolute Gasteiger partial charge is 0.366 e. The van der Waals surface area contributed by atoms with Gasteiger partial charge in [-0.25, -0.2) is 12.8 Å². The molecule has 3 aromatic rings. The van der Waals surface area contributed by atoms with Crippen LogP contribution in [0.1, 0.15) is 10.4 Å². The summed E-state index contributed by atoms with van der Waals surface area (Å²) in [6.07, 6.45) is 2.94. The molecule has 0 saturated heterocycles. The van der Waals surface area contributed by atoms with Gasteiger partial charge < -0.3 is 4.98 Å². The summed E-state index contributed by atoms with van der Waals surface area (Å²) in [5.74, 6) is -0.805. The third-order valence-corrected chi connectivity index (χ3v) is 5.65. The number of nitrogens with one attached hydrogen (secondary N) is 2. The third kappa shape index (κ3) is 3.04. The Hall–Kier alpha value is -2.63. The standard InChI is InChI=1S/C16H12FN3O2S2/c1-10-4-12(9-23-10)13-7-19-8-16(13)24(21,22)20-15-3-2-11(6-18)5-14(15)17/h2-5,7-9,19-20H,1H3. The summed E-state index contributed by atoms with van der Waals surface area (Å²) in [6.45, 7) is 1.93. The number of thiophene rings is 1. The molecule has 0 fully saturated rings. The van der Waals surface area contributed by atoms with Crippen LogP contribution < -0.4 is 4.72 Å². The van der Waals surface area contributed by atoms with Gasteiger partial charge >= 0.3 is 0 Å². The number of aryl methyl sites for hydroxylation is 1. The van der Waals surface area contributed by atoms with Crippen molar-refractivity contribution in [2.75, 3.05) is 4.72 Å². The summed E-state index contributed by atoms with van der Waals surface area (Å²) in [7, 11) is -3.98. The van der Waals surface area contributed by atoms with Crippen molar-refractivity contribution in [3.05, 3.63) is 58.3 Å². The number of anilines is 1. The van der Waals surface area contributed by atoms with E-state index >= 15 is 0 Å². The van der Waals surface area contributed by atoms with E-state index < -0.39 is 15.8 Å². The number of hydrogen-bond acceptors (Lipinski definition) is 4. The molecule has 0 amide bonds. The van der Waals surface area contributed by atoms with Crippen molar-refractivity contribution in [3.8, 4) is 17.2 Å². The number of aromatic nitrogens is 1. The van der Waals surface area contributed by atoms with Crippen molar-refractivity contribution in [2.24, 2.45) is 0 Å². The van der Waals surface area contributed by atoms with Crippen LogP contribution in [0.15, 0.2) is 46.9 Å². The van der Waals surface area contributed by atoms with Gasteiger partial charge in [0.05, 0.1) is 17.3 Å². The van der Waals surface area contributed by atoms with Crippen LogP contribution >= 0.6 is 11.3 Å². The summed E-state index contributed by atoms with van der Waals surface area (Å²) < 4.78 is 41.4. The van der Waals surface area contributed by atoms with E-state index in [0.29, 0.717) is 5.56 Å². The van der Waals surface area contributed by atoms with Crippen molar-refractivity contribution in [3.63, 3.8) is 0 Å². The minimum Gasteiger partial charge on any atom is -0.366 e. The Morgan fingerprint density at radius 3 is 2.71 bits per heavy atom. The van der Waals surface area contributed by atoms with Crippen LogP contribution in [0, 0.1) is 24.1 Å². The van der Waals surface area contributed by atoms with Gasteiger partial charge in [0, 0.05) is 22.8 Å². The lowest BCUT2D eigenvalue weighted by Gasteiger charge is -2.09. The summed E-state index contributed by atoms with van der Waals surface area (Å²) in [6, 6.07) is 7.24. The number of nitrogens with zero attached hydrogens (tertiary/aromatic N) is 1. The molecule has 0 aliphatic heterocycles. The van der Waals surface area contributed by atoms with Crippen molar-refractivity contribution in [1.29, 1.82) is 5.26 Å². The zero-order valence-corrected chi connectivity index (χ0v) is 14.1. The molecule has 2 aromatic heterocycles. The molecule has 0 aliphatic carbocycles. The lowest BCUT2D eigenvalue weighted by atomic mass is 10.2. The first-order valence-electron chi connectivity index (χ1n) is 6.85. The van der Waals surface area contributed by atoms with E-state index in [1.807, 2.05) is 18.4 Å². The van der Waals surface area contributed by atoms with Crippen LogP contribution in [0.5, 0.6) is 0 Å². The van der Waals surface area contributed by atoms with Crippen LogP contribution in [-0.4, -0.2) is 13.4 Å². The van der Waals surface area contributed by atoms with Gasteiger partial charge in [0.15, 0.2) is 0 Å². The second-order valence-corrected chi connectivity index (χ2v) is 7.86. The Kier molecular flexibility index (Phi) is 4.13. The van der Waals surface area contributed by atoms with Gasteiger partial charge in [0.25, 0.3) is 10.0 Å². The fourth-order valence-electron chi connectivity index (χ4n) is 2.25. The molecule has 8 heteroatoms. The van der Waals surface area contributed by atoms with E-state index in [1.165, 1.54) is 29.7 Å². The van der Waals surface area contributed by atoms with Crippen molar-refractivity contribution >= 4 is 27.0 Å². The van der Waals surface area contributed by atoms with Crippen LogP contribution in [0.25, 0.3) is 11.1 Å². The van der Waals surface area contributed by atoms with Crippen molar-refractivity contribution < 1.29 is 12.8 Å². The first kappa shape index (κ1) is 16.2. The summed E-state index contributed by atoms with van der Waals surface area (Å²) in [5, 5.41) is 10.6. The lowest BCUT2D eigenvalue weighted by molar-refractivity contribution is 0.599. The second-order valence-electron chi connectivity index (χ2n) is 5.09. The summed E-state index contributed by atoms with van der Waals surface area (Å²) in [4.78, 5) is 3.87. The van der Waals surface area contributed by atoms with Crippen LogP contribution in [-0.2, 0) is 10.0 Å². The van der Waals surface area contributed by atoms with Gasteiger partial charge in [-0.2, -0.15) is 5.26 Å². The van der Waals surface area contributed by atoms with Crippen LogP contribution in [0.2, 0.25) is 0 Å². The van der Waals surface area contributed by atoms with E-state index in [4.69, 9.17) is 5.26 Å². The molecule has 5 nitrogen and oxygen atoms in total. The summed E-state index contributed by atoms with van der Waals surface area (Å²) >= 11 is 1.51. The number of nitriles is 1. The Bertz CT molecular complexity index is 1050. The van der Waals surface area contributed by atoms with E-state index in [0.717, 1.165) is 16.5 Å². The molecule has 0 atom stereocenters. The molecular weight excluding hydrogens is 349 g/mol. The lowest BCUT2D eigenvalue weighted by Crippen LogP contribution is -2.14. The predicted octanol–water partition coefficient (Wildman–Crippen LogP) is 3.86. The molecule has 0 unspecified atom stereocenters. The molecule has 0 aliphatic rings. The average molecular weight is 361 g/mol. The Morgan fingerprint density at radius 2 is 2.08 bits per heavy atom. The topological polar surface area (TPSA) is 85.8 Å². The predicted molar refractivity (Wildman–Crippen MR) is 90.8 cm³/mol. The van der Waals surface area contributed by atoms with Crippen molar-refractivity contribution in [1.82, 2.24) is 4.98 Å². The molecule has 0 bridgehead atoms. The highest BCUT2D eigenvalue weighted by Crippen LogP contribution is 2.32. The number of hydrogen-bond donors (Lipinski definition) is 2. The van der Waals surface area contributed by atoms with Gasteiger partial charge in [-0.1, -0.05) is 0 Å². The van der Waals surface area contributed by atoms with Gasteiger partial charge in [0.1, 0.15) is 10.7 Å². The number of rotatable bonds is 4. The first-order chi connectivity index (χ1) is 11.4. The Morgan fingerprint density at radius 1 is 1.29 bits per heavy atom.